The number of aromatic amines is 1. The van der Waals surface area contributed by atoms with Gasteiger partial charge in [0, 0.05) is 18.8 Å². The van der Waals surface area contributed by atoms with Gasteiger partial charge in [-0.3, -0.25) is 9.78 Å². The molecule has 0 aliphatic rings. The van der Waals surface area contributed by atoms with E-state index in [-0.39, 0.29) is 16.9 Å². The quantitative estimate of drug-likeness (QED) is 0.489. The zero-order valence-electron chi connectivity index (χ0n) is 15.5. The van der Waals surface area contributed by atoms with E-state index in [1.54, 1.807) is 29.9 Å². The lowest BCUT2D eigenvalue weighted by Gasteiger charge is -2.13. The van der Waals surface area contributed by atoms with Gasteiger partial charge in [-0.15, -0.1) is 0 Å². The van der Waals surface area contributed by atoms with E-state index in [1.165, 1.54) is 4.57 Å². The number of aromatic hydroxyl groups is 1. The van der Waals surface area contributed by atoms with Crippen LogP contribution in [0.25, 0.3) is 38.8 Å². The molecule has 0 saturated heterocycles. The lowest BCUT2D eigenvalue weighted by atomic mass is 9.99. The van der Waals surface area contributed by atoms with Gasteiger partial charge in [0.25, 0.3) is 5.56 Å². The van der Waals surface area contributed by atoms with Gasteiger partial charge < -0.3 is 9.67 Å². The predicted octanol–water partition coefficient (Wildman–Crippen LogP) is 2.94. The maximum absolute atomic E-state index is 12.9. The van der Waals surface area contributed by atoms with E-state index in [4.69, 9.17) is 0 Å². The van der Waals surface area contributed by atoms with Gasteiger partial charge in [0.1, 0.15) is 0 Å². The molecule has 0 atom stereocenters. The SMILES string of the molecule is Cn1cc2nc3c(c(-c4ccccc4)c2c1O)c(=O)[nH]c(=O)n3-c1ccccc1. The van der Waals surface area contributed by atoms with E-state index in [2.05, 4.69) is 9.97 Å². The van der Waals surface area contributed by atoms with Crippen LogP contribution in [0.15, 0.2) is 76.4 Å². The minimum absolute atomic E-state index is 0.00474. The Morgan fingerprint density at radius 1 is 0.931 bits per heavy atom. The maximum atomic E-state index is 12.9. The lowest BCUT2D eigenvalue weighted by Crippen LogP contribution is -2.30. The Kier molecular flexibility index (Phi) is 3.64. The summed E-state index contributed by atoms with van der Waals surface area (Å²) in [4.78, 5) is 32.7. The van der Waals surface area contributed by atoms with Crippen LogP contribution < -0.4 is 11.2 Å². The average Bonchev–Trinajstić information content (AvgIpc) is 3.01. The fraction of sp³-hybridized carbons (Fsp3) is 0.0455. The Bertz CT molecular complexity index is 1500. The van der Waals surface area contributed by atoms with Crippen LogP contribution in [-0.4, -0.2) is 24.2 Å². The molecule has 2 aromatic carbocycles. The third-order valence-corrected chi connectivity index (χ3v) is 5.02. The number of rotatable bonds is 2. The average molecular weight is 384 g/mol. The number of nitrogens with zero attached hydrogens (tertiary/aromatic N) is 3. The van der Waals surface area contributed by atoms with E-state index >= 15 is 0 Å². The molecule has 3 heterocycles. The molecule has 0 aliphatic carbocycles. The fourth-order valence-corrected chi connectivity index (χ4v) is 3.73. The van der Waals surface area contributed by atoms with Crippen molar-refractivity contribution in [2.75, 3.05) is 0 Å². The molecule has 29 heavy (non-hydrogen) atoms. The molecule has 7 heteroatoms. The molecule has 142 valence electrons. The highest BCUT2D eigenvalue weighted by Gasteiger charge is 2.22. The number of para-hydroxylation sites is 1. The Morgan fingerprint density at radius 3 is 2.28 bits per heavy atom. The molecule has 0 fully saturated rings. The monoisotopic (exact) mass is 384 g/mol. The highest BCUT2D eigenvalue weighted by Crippen LogP contribution is 2.38. The molecule has 2 N–H and O–H groups in total. The van der Waals surface area contributed by atoms with Crippen LogP contribution in [0.5, 0.6) is 5.88 Å². The van der Waals surface area contributed by atoms with Gasteiger partial charge in [0.2, 0.25) is 5.88 Å². The van der Waals surface area contributed by atoms with Gasteiger partial charge in [-0.1, -0.05) is 48.5 Å². The number of hydrogen-bond donors (Lipinski definition) is 2. The fourth-order valence-electron chi connectivity index (χ4n) is 3.73. The van der Waals surface area contributed by atoms with E-state index in [1.807, 2.05) is 48.5 Å². The van der Waals surface area contributed by atoms with Crippen LogP contribution >= 0.6 is 0 Å². The summed E-state index contributed by atoms with van der Waals surface area (Å²) in [5.41, 5.74) is 1.48. The van der Waals surface area contributed by atoms with Gasteiger partial charge in [-0.25, -0.2) is 14.3 Å². The van der Waals surface area contributed by atoms with Crippen LogP contribution in [0, 0.1) is 0 Å². The predicted molar refractivity (Wildman–Crippen MR) is 112 cm³/mol. The number of benzene rings is 2. The van der Waals surface area contributed by atoms with E-state index in [0.717, 1.165) is 5.56 Å². The summed E-state index contributed by atoms with van der Waals surface area (Å²) in [6.45, 7) is 0. The summed E-state index contributed by atoms with van der Waals surface area (Å²) in [5, 5.41) is 11.4. The van der Waals surface area contributed by atoms with Crippen molar-refractivity contribution in [2.45, 2.75) is 0 Å². The number of aryl methyl sites for hydroxylation is 1. The topological polar surface area (TPSA) is 92.9 Å². The Labute approximate surface area is 164 Å². The lowest BCUT2D eigenvalue weighted by molar-refractivity contribution is 0.438. The second-order valence-corrected chi connectivity index (χ2v) is 6.81. The number of H-pyrrole nitrogens is 1. The first-order valence-electron chi connectivity index (χ1n) is 9.04. The molecule has 0 bridgehead atoms. The second kappa shape index (κ2) is 6.20. The van der Waals surface area contributed by atoms with Crippen molar-refractivity contribution < 1.29 is 5.11 Å². The summed E-state index contributed by atoms with van der Waals surface area (Å²) in [6.07, 6.45) is 1.68. The minimum Gasteiger partial charge on any atom is -0.494 e. The van der Waals surface area contributed by atoms with Gasteiger partial charge in [0.05, 0.1) is 22.0 Å². The zero-order valence-corrected chi connectivity index (χ0v) is 15.5. The molecule has 5 rings (SSSR count). The highest BCUT2D eigenvalue weighted by atomic mass is 16.3. The zero-order chi connectivity index (χ0) is 20.1. The Balaban J connectivity index is 2.08. The van der Waals surface area contributed by atoms with Crippen LogP contribution in [0.2, 0.25) is 0 Å². The van der Waals surface area contributed by atoms with Crippen molar-refractivity contribution in [1.82, 2.24) is 19.1 Å². The van der Waals surface area contributed by atoms with Crippen LogP contribution in [0.3, 0.4) is 0 Å². The Hall–Kier alpha value is -4.13. The molecule has 0 aliphatic heterocycles. The van der Waals surface area contributed by atoms with Crippen molar-refractivity contribution >= 4 is 21.9 Å². The largest absolute Gasteiger partial charge is 0.494 e. The number of aromatic nitrogens is 4. The number of pyridine rings is 1. The van der Waals surface area contributed by atoms with Crippen molar-refractivity contribution in [1.29, 1.82) is 0 Å². The van der Waals surface area contributed by atoms with Crippen LogP contribution in [0.1, 0.15) is 0 Å². The normalized spacial score (nSPS) is 11.3. The van der Waals surface area contributed by atoms with E-state index < -0.39 is 11.2 Å². The van der Waals surface area contributed by atoms with Gasteiger partial charge in [-0.2, -0.15) is 0 Å². The van der Waals surface area contributed by atoms with E-state index in [0.29, 0.717) is 22.2 Å². The molecule has 0 saturated carbocycles. The van der Waals surface area contributed by atoms with Crippen molar-refractivity contribution in [2.24, 2.45) is 7.05 Å². The first kappa shape index (κ1) is 17.0. The molecular formula is C22H16N4O3. The highest BCUT2D eigenvalue weighted by molar-refractivity contribution is 6.10. The molecule has 0 spiro atoms. The summed E-state index contributed by atoms with van der Waals surface area (Å²) in [5.74, 6) is 0.00474. The Morgan fingerprint density at radius 2 is 1.59 bits per heavy atom. The van der Waals surface area contributed by atoms with Crippen molar-refractivity contribution in [3.05, 3.63) is 87.7 Å². The maximum Gasteiger partial charge on any atom is 0.334 e. The molecule has 7 nitrogen and oxygen atoms in total. The van der Waals surface area contributed by atoms with E-state index in [9.17, 15) is 14.7 Å². The van der Waals surface area contributed by atoms with Crippen molar-refractivity contribution in [3.8, 4) is 22.7 Å². The van der Waals surface area contributed by atoms with Gasteiger partial charge in [0.15, 0.2) is 5.65 Å². The molecule has 0 radical (unpaired) electrons. The number of hydrogen-bond acceptors (Lipinski definition) is 4. The van der Waals surface area contributed by atoms with Gasteiger partial charge in [-0.05, 0) is 17.7 Å². The number of fused-ring (bicyclic) bond motifs is 2. The smallest absolute Gasteiger partial charge is 0.334 e. The summed E-state index contributed by atoms with van der Waals surface area (Å²) in [6, 6.07) is 18.3. The standard InChI is InChI=1S/C22H16N4O3/c1-25-12-15-17(21(25)28)16(13-8-4-2-5-9-13)18-19(23-15)26(22(29)24-20(18)27)14-10-6-3-7-11-14/h2-12,28H,1H3,(H,24,27,29). The molecule has 5 aromatic rings. The summed E-state index contributed by atoms with van der Waals surface area (Å²) < 4.78 is 2.93. The van der Waals surface area contributed by atoms with Crippen molar-refractivity contribution in [3.63, 3.8) is 0 Å². The first-order valence-corrected chi connectivity index (χ1v) is 9.04. The second-order valence-electron chi connectivity index (χ2n) is 6.81. The van der Waals surface area contributed by atoms with Crippen LogP contribution in [0.4, 0.5) is 0 Å². The number of nitrogens with one attached hydrogen (secondary N) is 1. The summed E-state index contributed by atoms with van der Waals surface area (Å²) >= 11 is 0. The third kappa shape index (κ3) is 2.48. The molecular weight excluding hydrogens is 368 g/mol. The summed E-state index contributed by atoms with van der Waals surface area (Å²) in [7, 11) is 1.70. The van der Waals surface area contributed by atoms with Gasteiger partial charge >= 0.3 is 5.69 Å². The van der Waals surface area contributed by atoms with Crippen LogP contribution in [-0.2, 0) is 7.05 Å². The molecule has 0 unspecified atom stereocenters. The first-order chi connectivity index (χ1) is 14.1. The third-order valence-electron chi connectivity index (χ3n) is 5.02. The molecule has 0 amide bonds. The minimum atomic E-state index is -0.570. The molecule has 3 aromatic heterocycles.